The maximum absolute atomic E-state index is 12.3. The second kappa shape index (κ2) is 7.84. The minimum atomic E-state index is 0.0589. The lowest BCUT2D eigenvalue weighted by Crippen LogP contribution is -2.48. The number of nitrogens with zero attached hydrogens (tertiary/aromatic N) is 1. The molecular weight excluding hydrogens is 256 g/mol. The number of rotatable bonds is 4. The van der Waals surface area contributed by atoms with Crippen molar-refractivity contribution >= 4 is 6.03 Å². The van der Waals surface area contributed by atoms with Crippen molar-refractivity contribution in [3.05, 3.63) is 0 Å². The van der Waals surface area contributed by atoms with E-state index in [9.17, 15) is 4.79 Å². The van der Waals surface area contributed by atoms with Gasteiger partial charge in [0, 0.05) is 26.8 Å². The summed E-state index contributed by atoms with van der Waals surface area (Å²) in [7, 11) is 1.72. The van der Waals surface area contributed by atoms with E-state index in [2.05, 4.69) is 5.32 Å². The SMILES string of the molecule is CO[C@@H]1CCC[C@H]1NC(=O)N1CCCC(CCO)CC1. The van der Waals surface area contributed by atoms with Crippen molar-refractivity contribution in [1.82, 2.24) is 10.2 Å². The number of amides is 2. The first kappa shape index (κ1) is 15.6. The molecule has 0 aromatic rings. The molecule has 1 heterocycles. The van der Waals surface area contributed by atoms with Gasteiger partial charge in [-0.15, -0.1) is 0 Å². The fourth-order valence-electron chi connectivity index (χ4n) is 3.46. The molecule has 1 saturated carbocycles. The van der Waals surface area contributed by atoms with E-state index in [1.807, 2.05) is 4.90 Å². The van der Waals surface area contributed by atoms with Crippen LogP contribution in [0.2, 0.25) is 0 Å². The molecule has 0 aromatic heterocycles. The lowest BCUT2D eigenvalue weighted by atomic mass is 9.98. The summed E-state index contributed by atoms with van der Waals surface area (Å²) < 4.78 is 5.42. The van der Waals surface area contributed by atoms with Gasteiger partial charge in [0.1, 0.15) is 0 Å². The summed E-state index contributed by atoms with van der Waals surface area (Å²) in [6.07, 6.45) is 7.39. The third kappa shape index (κ3) is 4.09. The summed E-state index contributed by atoms with van der Waals surface area (Å²) in [6, 6.07) is 0.229. The monoisotopic (exact) mass is 284 g/mol. The van der Waals surface area contributed by atoms with Gasteiger partial charge in [0.25, 0.3) is 0 Å². The van der Waals surface area contributed by atoms with Crippen molar-refractivity contribution in [2.45, 2.75) is 57.1 Å². The zero-order chi connectivity index (χ0) is 14.4. The molecule has 1 aliphatic heterocycles. The van der Waals surface area contributed by atoms with Crippen molar-refractivity contribution in [2.24, 2.45) is 5.92 Å². The number of carbonyl (C=O) groups excluding carboxylic acids is 1. The van der Waals surface area contributed by atoms with Crippen LogP contribution in [0.15, 0.2) is 0 Å². The van der Waals surface area contributed by atoms with Crippen LogP contribution in [-0.2, 0) is 4.74 Å². The Labute approximate surface area is 121 Å². The molecule has 1 saturated heterocycles. The highest BCUT2D eigenvalue weighted by atomic mass is 16.5. The van der Waals surface area contributed by atoms with Gasteiger partial charge in [-0.1, -0.05) is 0 Å². The van der Waals surface area contributed by atoms with Crippen LogP contribution in [0.5, 0.6) is 0 Å². The molecular formula is C15H28N2O3. The standard InChI is InChI=1S/C15H28N2O3/c1-20-14-6-2-5-13(14)16-15(19)17-9-3-4-12(7-10-17)8-11-18/h12-14,18H,2-11H2,1H3,(H,16,19)/t12?,13-,14-/m1/s1. The number of hydrogen-bond donors (Lipinski definition) is 2. The Morgan fingerprint density at radius 3 is 2.85 bits per heavy atom. The third-order valence-corrected chi connectivity index (χ3v) is 4.74. The van der Waals surface area contributed by atoms with E-state index in [1.54, 1.807) is 7.11 Å². The van der Waals surface area contributed by atoms with Crippen LogP contribution in [-0.4, -0.2) is 55.0 Å². The summed E-state index contributed by atoms with van der Waals surface area (Å²) >= 11 is 0. The van der Waals surface area contributed by atoms with Crippen LogP contribution in [0.3, 0.4) is 0 Å². The minimum Gasteiger partial charge on any atom is -0.396 e. The zero-order valence-corrected chi connectivity index (χ0v) is 12.5. The number of likely N-dealkylation sites (tertiary alicyclic amines) is 1. The summed E-state index contributed by atoms with van der Waals surface area (Å²) in [4.78, 5) is 14.3. The number of ether oxygens (including phenoxy) is 1. The molecule has 5 nitrogen and oxygen atoms in total. The van der Waals surface area contributed by atoms with E-state index < -0.39 is 0 Å². The van der Waals surface area contributed by atoms with Gasteiger partial charge in [-0.2, -0.15) is 0 Å². The molecule has 0 bridgehead atoms. The van der Waals surface area contributed by atoms with E-state index in [4.69, 9.17) is 9.84 Å². The van der Waals surface area contributed by atoms with Crippen molar-refractivity contribution < 1.29 is 14.6 Å². The molecule has 0 spiro atoms. The Hall–Kier alpha value is -0.810. The predicted molar refractivity (Wildman–Crippen MR) is 77.6 cm³/mol. The van der Waals surface area contributed by atoms with Gasteiger partial charge in [-0.25, -0.2) is 4.79 Å². The Bertz CT molecular complexity index is 311. The van der Waals surface area contributed by atoms with Gasteiger partial charge in [0.05, 0.1) is 12.1 Å². The normalized spacial score (nSPS) is 31.1. The van der Waals surface area contributed by atoms with Crippen molar-refractivity contribution in [3.63, 3.8) is 0 Å². The molecule has 2 fully saturated rings. The molecule has 2 aliphatic rings. The third-order valence-electron chi connectivity index (χ3n) is 4.74. The fourth-order valence-corrected chi connectivity index (χ4v) is 3.46. The zero-order valence-electron chi connectivity index (χ0n) is 12.5. The summed E-state index contributed by atoms with van der Waals surface area (Å²) in [6.45, 7) is 1.90. The highest BCUT2D eigenvalue weighted by Crippen LogP contribution is 2.23. The maximum Gasteiger partial charge on any atom is 0.317 e. The molecule has 1 aliphatic carbocycles. The number of aliphatic hydroxyl groups is 1. The second-order valence-corrected chi connectivity index (χ2v) is 6.06. The van der Waals surface area contributed by atoms with Crippen molar-refractivity contribution in [2.75, 3.05) is 26.8 Å². The van der Waals surface area contributed by atoms with Crippen LogP contribution in [0, 0.1) is 5.92 Å². The molecule has 2 amide bonds. The van der Waals surface area contributed by atoms with Gasteiger partial charge >= 0.3 is 6.03 Å². The summed E-state index contributed by atoms with van der Waals surface area (Å²) in [5.41, 5.74) is 0. The van der Waals surface area contributed by atoms with Crippen LogP contribution in [0.4, 0.5) is 4.79 Å². The summed E-state index contributed by atoms with van der Waals surface area (Å²) in [5.74, 6) is 0.566. The van der Waals surface area contributed by atoms with Crippen molar-refractivity contribution in [1.29, 1.82) is 0 Å². The largest absolute Gasteiger partial charge is 0.396 e. The van der Waals surface area contributed by atoms with Crippen molar-refractivity contribution in [3.8, 4) is 0 Å². The molecule has 116 valence electrons. The van der Waals surface area contributed by atoms with E-state index in [-0.39, 0.29) is 24.8 Å². The minimum absolute atomic E-state index is 0.0589. The highest BCUT2D eigenvalue weighted by Gasteiger charge is 2.30. The fraction of sp³-hybridized carbons (Fsp3) is 0.933. The van der Waals surface area contributed by atoms with E-state index in [0.29, 0.717) is 5.92 Å². The topological polar surface area (TPSA) is 61.8 Å². The number of aliphatic hydroxyl groups excluding tert-OH is 1. The van der Waals surface area contributed by atoms with Gasteiger partial charge in [-0.3, -0.25) is 0 Å². The highest BCUT2D eigenvalue weighted by molar-refractivity contribution is 5.74. The van der Waals surface area contributed by atoms with Crippen LogP contribution in [0.25, 0.3) is 0 Å². The number of hydrogen-bond acceptors (Lipinski definition) is 3. The molecule has 2 rings (SSSR count). The first-order valence-electron chi connectivity index (χ1n) is 7.93. The number of urea groups is 1. The Morgan fingerprint density at radius 2 is 2.10 bits per heavy atom. The molecule has 5 heteroatoms. The maximum atomic E-state index is 12.3. The molecule has 0 radical (unpaired) electrons. The average Bonchev–Trinajstić information content (AvgIpc) is 2.75. The van der Waals surface area contributed by atoms with Gasteiger partial charge in [0.2, 0.25) is 0 Å². The van der Waals surface area contributed by atoms with E-state index in [1.165, 1.54) is 0 Å². The lowest BCUT2D eigenvalue weighted by molar-refractivity contribution is 0.0848. The Morgan fingerprint density at radius 1 is 1.25 bits per heavy atom. The van der Waals surface area contributed by atoms with Crippen LogP contribution >= 0.6 is 0 Å². The quantitative estimate of drug-likeness (QED) is 0.827. The van der Waals surface area contributed by atoms with Gasteiger partial charge in [0.15, 0.2) is 0 Å². The smallest absolute Gasteiger partial charge is 0.317 e. The number of methoxy groups -OCH3 is 1. The Kier molecular flexibility index (Phi) is 6.10. The molecule has 1 unspecified atom stereocenters. The van der Waals surface area contributed by atoms with E-state index >= 15 is 0 Å². The predicted octanol–water partition coefficient (Wildman–Crippen LogP) is 1.75. The van der Waals surface area contributed by atoms with Crippen LogP contribution in [0.1, 0.15) is 44.9 Å². The Balaban J connectivity index is 1.80. The first-order chi connectivity index (χ1) is 9.74. The second-order valence-electron chi connectivity index (χ2n) is 6.06. The molecule has 3 atom stereocenters. The molecule has 2 N–H and O–H groups in total. The molecule has 0 aromatic carbocycles. The molecule has 20 heavy (non-hydrogen) atoms. The average molecular weight is 284 g/mol. The summed E-state index contributed by atoms with van der Waals surface area (Å²) in [5, 5.41) is 12.2. The lowest BCUT2D eigenvalue weighted by Gasteiger charge is -2.26. The van der Waals surface area contributed by atoms with Crippen LogP contribution < -0.4 is 5.32 Å². The van der Waals surface area contributed by atoms with Gasteiger partial charge < -0.3 is 20.1 Å². The van der Waals surface area contributed by atoms with E-state index in [0.717, 1.165) is 58.0 Å². The number of nitrogens with one attached hydrogen (secondary N) is 1. The number of carbonyl (C=O) groups is 1. The first-order valence-corrected chi connectivity index (χ1v) is 7.93. The van der Waals surface area contributed by atoms with Gasteiger partial charge in [-0.05, 0) is 50.9 Å².